The molecular weight excluding hydrogens is 328 g/mol. The molecule has 0 saturated carbocycles. The van der Waals surface area contributed by atoms with Crippen LogP contribution in [-0.2, 0) is 0 Å². The Morgan fingerprint density at radius 3 is 2.33 bits per heavy atom. The fourth-order valence-corrected chi connectivity index (χ4v) is 3.49. The van der Waals surface area contributed by atoms with Crippen LogP contribution in [0.25, 0.3) is 21.5 Å². The van der Waals surface area contributed by atoms with Gasteiger partial charge in [-0.15, -0.1) is 0 Å². The molecule has 0 aliphatic carbocycles. The first kappa shape index (κ1) is 19.3. The van der Waals surface area contributed by atoms with Crippen LogP contribution in [-0.4, -0.2) is 12.6 Å². The molecule has 2 nitrogen and oxygen atoms in total. The molecule has 3 rings (SSSR count). The van der Waals surface area contributed by atoms with Crippen molar-refractivity contribution in [2.24, 2.45) is 21.8 Å². The summed E-state index contributed by atoms with van der Waals surface area (Å²) in [6.07, 6.45) is 5.05. The zero-order valence-electron chi connectivity index (χ0n) is 16.8. The molecule has 0 aliphatic rings. The van der Waals surface area contributed by atoms with Crippen LogP contribution < -0.4 is 0 Å². The number of hydrogen-bond acceptors (Lipinski definition) is 2. The van der Waals surface area contributed by atoms with Gasteiger partial charge in [0.2, 0.25) is 0 Å². The monoisotopic (exact) mass is 358 g/mol. The summed E-state index contributed by atoms with van der Waals surface area (Å²) in [5, 5.41) is 4.85. The van der Waals surface area contributed by atoms with Crippen LogP contribution in [0.5, 0.6) is 0 Å². The third-order valence-electron chi connectivity index (χ3n) is 5.18. The maximum Gasteiger partial charge on any atom is 0.0949 e. The van der Waals surface area contributed by atoms with E-state index in [1.54, 1.807) is 0 Å². The lowest BCUT2D eigenvalue weighted by molar-refractivity contribution is 0.441. The maximum absolute atomic E-state index is 4.51. The SMILES string of the molecule is CC(C)CCC[C@H](C)CCN=C=Nc1cccc2cc3ccccc3cc12. The standard InChI is InChI=1S/C25H30N2/c1-19(2)8-6-9-20(3)14-15-26-18-27-25-13-7-12-23-16-21-10-4-5-11-22(21)17-24(23)25/h4-5,7,10-13,16-17,19-20H,6,8-9,14-15H2,1-3H3/t20-/m0/s1. The van der Waals surface area contributed by atoms with Crippen LogP contribution in [0.4, 0.5) is 5.69 Å². The van der Waals surface area contributed by atoms with Gasteiger partial charge in [-0.2, -0.15) is 4.99 Å². The number of benzene rings is 3. The van der Waals surface area contributed by atoms with Gasteiger partial charge in [0.05, 0.1) is 18.2 Å². The van der Waals surface area contributed by atoms with Crippen LogP contribution in [0, 0.1) is 11.8 Å². The number of rotatable bonds is 8. The van der Waals surface area contributed by atoms with Crippen molar-refractivity contribution in [3.8, 4) is 0 Å². The minimum atomic E-state index is 0.721. The molecular formula is C25H30N2. The van der Waals surface area contributed by atoms with Crippen molar-refractivity contribution in [3.63, 3.8) is 0 Å². The van der Waals surface area contributed by atoms with Gasteiger partial charge in [0.25, 0.3) is 0 Å². The van der Waals surface area contributed by atoms with Gasteiger partial charge >= 0.3 is 0 Å². The van der Waals surface area contributed by atoms with E-state index in [4.69, 9.17) is 0 Å². The summed E-state index contributed by atoms with van der Waals surface area (Å²) >= 11 is 0. The quantitative estimate of drug-likeness (QED) is 0.292. The van der Waals surface area contributed by atoms with Gasteiger partial charge in [-0.05, 0) is 52.6 Å². The Labute approximate surface area is 163 Å². The van der Waals surface area contributed by atoms with Crippen molar-refractivity contribution < 1.29 is 0 Å². The fourth-order valence-electron chi connectivity index (χ4n) is 3.49. The summed E-state index contributed by atoms with van der Waals surface area (Å²) in [7, 11) is 0. The second-order valence-corrected chi connectivity index (χ2v) is 8.01. The molecule has 0 aliphatic heterocycles. The Balaban J connectivity index is 1.65. The highest BCUT2D eigenvalue weighted by atomic mass is 14.8. The van der Waals surface area contributed by atoms with E-state index in [1.807, 2.05) is 6.07 Å². The summed E-state index contributed by atoms with van der Waals surface area (Å²) in [6, 6.07) is 22.0. The van der Waals surface area contributed by atoms with Crippen molar-refractivity contribution in [3.05, 3.63) is 54.6 Å². The molecule has 0 N–H and O–H groups in total. The average molecular weight is 359 g/mol. The van der Waals surface area contributed by atoms with Crippen molar-refractivity contribution in [2.75, 3.05) is 6.54 Å². The summed E-state index contributed by atoms with van der Waals surface area (Å²) in [5.41, 5.74) is 0.937. The van der Waals surface area contributed by atoms with Crippen LogP contribution >= 0.6 is 0 Å². The Morgan fingerprint density at radius 2 is 1.56 bits per heavy atom. The molecule has 0 unspecified atom stereocenters. The molecule has 3 aromatic carbocycles. The van der Waals surface area contributed by atoms with E-state index in [-0.39, 0.29) is 0 Å². The number of fused-ring (bicyclic) bond motifs is 2. The molecule has 0 heterocycles. The molecule has 140 valence electrons. The van der Waals surface area contributed by atoms with Gasteiger partial charge in [0.15, 0.2) is 0 Å². The van der Waals surface area contributed by atoms with E-state index in [1.165, 1.54) is 35.4 Å². The Hall–Kier alpha value is -2.44. The molecule has 0 saturated heterocycles. The van der Waals surface area contributed by atoms with Gasteiger partial charge in [-0.3, -0.25) is 0 Å². The minimum Gasteiger partial charge on any atom is -0.225 e. The molecule has 27 heavy (non-hydrogen) atoms. The van der Waals surface area contributed by atoms with Crippen LogP contribution in [0.1, 0.15) is 46.5 Å². The van der Waals surface area contributed by atoms with E-state index in [9.17, 15) is 0 Å². The van der Waals surface area contributed by atoms with Crippen LogP contribution in [0.15, 0.2) is 64.6 Å². The number of hydrogen-bond donors (Lipinski definition) is 0. The Bertz CT molecular complexity index is 949. The Morgan fingerprint density at radius 1 is 0.815 bits per heavy atom. The first-order valence-electron chi connectivity index (χ1n) is 10.2. The van der Waals surface area contributed by atoms with E-state index in [0.717, 1.165) is 35.9 Å². The van der Waals surface area contributed by atoms with Crippen molar-refractivity contribution in [2.45, 2.75) is 46.5 Å². The third kappa shape index (κ3) is 5.52. The van der Waals surface area contributed by atoms with Gasteiger partial charge in [-0.25, -0.2) is 4.99 Å². The summed E-state index contributed by atoms with van der Waals surface area (Å²) < 4.78 is 0. The van der Waals surface area contributed by atoms with Gasteiger partial charge < -0.3 is 0 Å². The second kappa shape index (κ2) is 9.48. The van der Waals surface area contributed by atoms with Crippen LogP contribution in [0.2, 0.25) is 0 Å². The van der Waals surface area contributed by atoms with Crippen molar-refractivity contribution in [1.29, 1.82) is 0 Å². The van der Waals surface area contributed by atoms with E-state index < -0.39 is 0 Å². The zero-order valence-corrected chi connectivity index (χ0v) is 16.8. The van der Waals surface area contributed by atoms with Crippen LogP contribution in [0.3, 0.4) is 0 Å². The Kier molecular flexibility index (Phi) is 6.79. The maximum atomic E-state index is 4.51. The second-order valence-electron chi connectivity index (χ2n) is 8.01. The van der Waals surface area contributed by atoms with E-state index >= 15 is 0 Å². The minimum absolute atomic E-state index is 0.721. The van der Waals surface area contributed by atoms with Gasteiger partial charge in [0.1, 0.15) is 0 Å². The fraction of sp³-hybridized carbons (Fsp3) is 0.400. The molecule has 0 radical (unpaired) electrons. The highest BCUT2D eigenvalue weighted by molar-refractivity contribution is 6.03. The van der Waals surface area contributed by atoms with Crippen molar-refractivity contribution >= 4 is 33.2 Å². The topological polar surface area (TPSA) is 24.7 Å². The normalized spacial score (nSPS) is 12.3. The summed E-state index contributed by atoms with van der Waals surface area (Å²) in [4.78, 5) is 8.91. The van der Waals surface area contributed by atoms with E-state index in [0.29, 0.717) is 0 Å². The van der Waals surface area contributed by atoms with E-state index in [2.05, 4.69) is 85.3 Å². The molecule has 1 atom stereocenters. The lowest BCUT2D eigenvalue weighted by Gasteiger charge is -2.10. The molecule has 0 spiro atoms. The summed E-state index contributed by atoms with van der Waals surface area (Å²) in [5.74, 6) is 1.53. The number of nitrogens with zero attached hydrogens (tertiary/aromatic N) is 2. The lowest BCUT2D eigenvalue weighted by Crippen LogP contribution is -1.98. The molecule has 0 aromatic heterocycles. The molecule has 2 heteroatoms. The predicted octanol–water partition coefficient (Wildman–Crippen LogP) is 7.65. The lowest BCUT2D eigenvalue weighted by atomic mass is 9.97. The van der Waals surface area contributed by atoms with Crippen molar-refractivity contribution in [1.82, 2.24) is 0 Å². The van der Waals surface area contributed by atoms with Gasteiger partial charge in [0, 0.05) is 5.39 Å². The largest absolute Gasteiger partial charge is 0.225 e. The smallest absolute Gasteiger partial charge is 0.0949 e. The molecule has 0 bridgehead atoms. The predicted molar refractivity (Wildman–Crippen MR) is 118 cm³/mol. The first-order chi connectivity index (χ1) is 13.1. The summed E-state index contributed by atoms with van der Waals surface area (Å²) in [6.45, 7) is 7.71. The third-order valence-corrected chi connectivity index (χ3v) is 5.18. The average Bonchev–Trinajstić information content (AvgIpc) is 2.66. The molecule has 0 amide bonds. The molecule has 3 aromatic rings. The number of aliphatic imine (C=N–C) groups is 2. The highest BCUT2D eigenvalue weighted by Gasteiger charge is 2.03. The zero-order chi connectivity index (χ0) is 19.1. The highest BCUT2D eigenvalue weighted by Crippen LogP contribution is 2.29. The van der Waals surface area contributed by atoms with Gasteiger partial charge in [-0.1, -0.05) is 76.4 Å². The first-order valence-corrected chi connectivity index (χ1v) is 10.2. The molecule has 0 fully saturated rings.